The van der Waals surface area contributed by atoms with E-state index in [-0.39, 0.29) is 12.1 Å². The lowest BCUT2D eigenvalue weighted by Crippen LogP contribution is -2.39. The van der Waals surface area contributed by atoms with E-state index in [0.717, 1.165) is 19.6 Å². The minimum Gasteiger partial charge on any atom is -0.385 e. The molecule has 1 aromatic rings. The van der Waals surface area contributed by atoms with E-state index < -0.39 is 0 Å². The molecular weight excluding hydrogens is 238 g/mol. The Kier molecular flexibility index (Phi) is 7.72. The number of methoxy groups -OCH3 is 1. The highest BCUT2D eigenvalue weighted by atomic mass is 16.5. The molecule has 0 aliphatic rings. The maximum absolute atomic E-state index is 5.98. The Morgan fingerprint density at radius 2 is 1.89 bits per heavy atom. The summed E-state index contributed by atoms with van der Waals surface area (Å²) in [5.41, 5.74) is 1.23. The van der Waals surface area contributed by atoms with Gasteiger partial charge in [0.25, 0.3) is 0 Å². The van der Waals surface area contributed by atoms with Crippen LogP contribution in [0.2, 0.25) is 0 Å². The molecule has 0 spiro atoms. The van der Waals surface area contributed by atoms with Gasteiger partial charge in [0.15, 0.2) is 0 Å². The number of ether oxygens (including phenoxy) is 2. The van der Waals surface area contributed by atoms with Crippen molar-refractivity contribution >= 4 is 0 Å². The lowest BCUT2D eigenvalue weighted by Gasteiger charge is -2.32. The van der Waals surface area contributed by atoms with Crippen molar-refractivity contribution in [1.82, 2.24) is 5.32 Å². The molecule has 108 valence electrons. The van der Waals surface area contributed by atoms with Crippen molar-refractivity contribution in [3.63, 3.8) is 0 Å². The molecule has 0 radical (unpaired) electrons. The normalized spacial score (nSPS) is 16.0. The minimum atomic E-state index is 0.0862. The van der Waals surface area contributed by atoms with Gasteiger partial charge in [0.05, 0.1) is 6.10 Å². The lowest BCUT2D eigenvalue weighted by molar-refractivity contribution is 0.0159. The highest BCUT2D eigenvalue weighted by molar-refractivity contribution is 5.19. The van der Waals surface area contributed by atoms with E-state index >= 15 is 0 Å². The van der Waals surface area contributed by atoms with Gasteiger partial charge in [-0.2, -0.15) is 0 Å². The van der Waals surface area contributed by atoms with E-state index in [1.807, 2.05) is 20.0 Å². The van der Waals surface area contributed by atoms with Gasteiger partial charge in [-0.3, -0.25) is 0 Å². The molecule has 0 aromatic heterocycles. The predicted octanol–water partition coefficient (Wildman–Crippen LogP) is 3.02. The van der Waals surface area contributed by atoms with E-state index in [2.05, 4.69) is 36.5 Å². The average molecular weight is 265 g/mol. The molecule has 0 amide bonds. The zero-order valence-electron chi connectivity index (χ0n) is 12.6. The second-order valence-electron chi connectivity index (χ2n) is 4.86. The Morgan fingerprint density at radius 1 is 1.21 bits per heavy atom. The monoisotopic (exact) mass is 265 g/mol. The summed E-state index contributed by atoms with van der Waals surface area (Å²) in [6.07, 6.45) is 1.11. The molecule has 1 aromatic carbocycles. The highest BCUT2D eigenvalue weighted by Crippen LogP contribution is 2.27. The van der Waals surface area contributed by atoms with Crippen LogP contribution >= 0.6 is 0 Å². The van der Waals surface area contributed by atoms with E-state index in [4.69, 9.17) is 9.47 Å². The Balaban J connectivity index is 2.82. The van der Waals surface area contributed by atoms with E-state index in [0.29, 0.717) is 5.92 Å². The smallest absolute Gasteiger partial charge is 0.0980 e. The van der Waals surface area contributed by atoms with Crippen molar-refractivity contribution in [3.05, 3.63) is 35.9 Å². The van der Waals surface area contributed by atoms with Gasteiger partial charge in [-0.15, -0.1) is 0 Å². The number of likely N-dealkylation sites (N-methyl/N-ethyl adjacent to an activating group) is 1. The second kappa shape index (κ2) is 9.08. The van der Waals surface area contributed by atoms with Crippen LogP contribution in [0.25, 0.3) is 0 Å². The molecule has 1 rings (SSSR count). The Hall–Kier alpha value is -0.900. The Morgan fingerprint density at radius 3 is 2.42 bits per heavy atom. The molecule has 3 atom stereocenters. The molecule has 19 heavy (non-hydrogen) atoms. The van der Waals surface area contributed by atoms with Gasteiger partial charge >= 0.3 is 0 Å². The van der Waals surface area contributed by atoms with Gasteiger partial charge in [-0.05, 0) is 31.9 Å². The Labute approximate surface area is 117 Å². The van der Waals surface area contributed by atoms with Crippen molar-refractivity contribution in [3.8, 4) is 0 Å². The third-order valence-electron chi connectivity index (χ3n) is 3.52. The number of nitrogens with one attached hydrogen (secondary N) is 1. The van der Waals surface area contributed by atoms with Crippen LogP contribution in [-0.2, 0) is 9.47 Å². The van der Waals surface area contributed by atoms with Crippen LogP contribution in [0.5, 0.6) is 0 Å². The maximum Gasteiger partial charge on any atom is 0.0980 e. The third-order valence-corrected chi connectivity index (χ3v) is 3.52. The van der Waals surface area contributed by atoms with E-state index in [1.54, 1.807) is 7.11 Å². The highest BCUT2D eigenvalue weighted by Gasteiger charge is 2.27. The molecule has 0 saturated heterocycles. The fourth-order valence-corrected chi connectivity index (χ4v) is 2.45. The second-order valence-corrected chi connectivity index (χ2v) is 4.86. The zero-order chi connectivity index (χ0) is 14.1. The van der Waals surface area contributed by atoms with Crippen molar-refractivity contribution in [2.24, 2.45) is 5.92 Å². The van der Waals surface area contributed by atoms with Crippen LogP contribution < -0.4 is 5.32 Å². The summed E-state index contributed by atoms with van der Waals surface area (Å²) in [6.45, 7) is 5.79. The molecule has 0 heterocycles. The van der Waals surface area contributed by atoms with Crippen LogP contribution in [0.4, 0.5) is 0 Å². The van der Waals surface area contributed by atoms with Crippen molar-refractivity contribution in [1.29, 1.82) is 0 Å². The average Bonchev–Trinajstić information content (AvgIpc) is 2.46. The van der Waals surface area contributed by atoms with Gasteiger partial charge in [-0.1, -0.05) is 37.3 Å². The fraction of sp³-hybridized carbons (Fsp3) is 0.625. The van der Waals surface area contributed by atoms with Gasteiger partial charge < -0.3 is 14.8 Å². The summed E-state index contributed by atoms with van der Waals surface area (Å²) in [4.78, 5) is 0. The van der Waals surface area contributed by atoms with Gasteiger partial charge in [0, 0.05) is 26.4 Å². The molecule has 0 bridgehead atoms. The van der Waals surface area contributed by atoms with Crippen molar-refractivity contribution in [2.45, 2.75) is 32.4 Å². The predicted molar refractivity (Wildman–Crippen MR) is 79.3 cm³/mol. The first kappa shape index (κ1) is 16.2. The number of rotatable bonds is 9. The number of hydrogen-bond donors (Lipinski definition) is 1. The van der Waals surface area contributed by atoms with Gasteiger partial charge in [0.1, 0.15) is 0 Å². The molecule has 0 fully saturated rings. The fourth-order valence-electron chi connectivity index (χ4n) is 2.45. The molecule has 1 N–H and O–H groups in total. The van der Waals surface area contributed by atoms with E-state index in [9.17, 15) is 0 Å². The molecule has 3 nitrogen and oxygen atoms in total. The summed E-state index contributed by atoms with van der Waals surface area (Å²) >= 11 is 0. The van der Waals surface area contributed by atoms with Gasteiger partial charge in [0.2, 0.25) is 0 Å². The molecule has 3 unspecified atom stereocenters. The topological polar surface area (TPSA) is 30.5 Å². The lowest BCUT2D eigenvalue weighted by atomic mass is 9.90. The molecule has 0 saturated carbocycles. The first-order valence-electron chi connectivity index (χ1n) is 7.07. The van der Waals surface area contributed by atoms with Crippen LogP contribution in [0, 0.1) is 5.92 Å². The molecule has 0 aliphatic carbocycles. The first-order chi connectivity index (χ1) is 9.24. The Bertz CT molecular complexity index is 329. The quantitative estimate of drug-likeness (QED) is 0.744. The van der Waals surface area contributed by atoms with E-state index in [1.165, 1.54) is 5.56 Å². The zero-order valence-corrected chi connectivity index (χ0v) is 12.6. The van der Waals surface area contributed by atoms with Crippen LogP contribution in [0.3, 0.4) is 0 Å². The SMILES string of the molecule is CCOC(c1ccccc1)C(NC)C(C)CCOC. The van der Waals surface area contributed by atoms with Crippen LogP contribution in [-0.4, -0.2) is 33.4 Å². The summed E-state index contributed by atoms with van der Waals surface area (Å²) in [7, 11) is 3.75. The summed E-state index contributed by atoms with van der Waals surface area (Å²) < 4.78 is 11.2. The summed E-state index contributed by atoms with van der Waals surface area (Å²) in [5, 5.41) is 3.41. The van der Waals surface area contributed by atoms with Crippen LogP contribution in [0.15, 0.2) is 30.3 Å². The molecule has 3 heteroatoms. The summed E-state index contributed by atoms with van der Waals surface area (Å²) in [5.74, 6) is 0.488. The first-order valence-corrected chi connectivity index (χ1v) is 7.07. The van der Waals surface area contributed by atoms with Crippen molar-refractivity contribution in [2.75, 3.05) is 27.4 Å². The number of benzene rings is 1. The van der Waals surface area contributed by atoms with Crippen LogP contribution in [0.1, 0.15) is 31.9 Å². The molecular formula is C16H27NO2. The number of hydrogen-bond acceptors (Lipinski definition) is 3. The van der Waals surface area contributed by atoms with Crippen molar-refractivity contribution < 1.29 is 9.47 Å². The third kappa shape index (κ3) is 4.94. The standard InChI is InChI=1S/C16H27NO2/c1-5-19-16(14-9-7-6-8-10-14)15(17-3)13(2)11-12-18-4/h6-10,13,15-17H,5,11-12H2,1-4H3. The minimum absolute atomic E-state index is 0.0862. The van der Waals surface area contributed by atoms with Gasteiger partial charge in [-0.25, -0.2) is 0 Å². The summed E-state index contributed by atoms with van der Waals surface area (Å²) in [6, 6.07) is 10.7. The largest absolute Gasteiger partial charge is 0.385 e. The maximum atomic E-state index is 5.98. The molecule has 0 aliphatic heterocycles.